The molecule has 4 heterocycles. The van der Waals surface area contributed by atoms with E-state index in [0.717, 1.165) is 43.2 Å². The van der Waals surface area contributed by atoms with Gasteiger partial charge in [0, 0.05) is 67.2 Å². The van der Waals surface area contributed by atoms with Crippen LogP contribution in [0.1, 0.15) is 16.1 Å². The molecule has 2 aliphatic rings. The van der Waals surface area contributed by atoms with Crippen LogP contribution in [0.5, 0.6) is 11.6 Å². The van der Waals surface area contributed by atoms with Crippen molar-refractivity contribution in [3.63, 3.8) is 0 Å². The molecule has 202 valence electrons. The van der Waals surface area contributed by atoms with E-state index in [1.165, 1.54) is 12.4 Å². The van der Waals surface area contributed by atoms with E-state index in [1.54, 1.807) is 17.0 Å². The highest BCUT2D eigenvalue weighted by atomic mass is 19.1. The molecule has 11 heteroatoms. The number of rotatable bonds is 6. The zero-order valence-corrected chi connectivity index (χ0v) is 21.7. The Bertz CT molecular complexity index is 1480. The van der Waals surface area contributed by atoms with Crippen LogP contribution >= 0.6 is 0 Å². The topological polar surface area (TPSA) is 108 Å². The van der Waals surface area contributed by atoms with Gasteiger partial charge in [0.1, 0.15) is 11.9 Å². The van der Waals surface area contributed by atoms with Gasteiger partial charge in [-0.3, -0.25) is 4.79 Å². The lowest BCUT2D eigenvalue weighted by Crippen LogP contribution is -2.43. The average Bonchev–Trinajstić information content (AvgIpc) is 3.37. The number of nitrogens with zero attached hydrogens (tertiary/aromatic N) is 4. The quantitative estimate of drug-likeness (QED) is 0.345. The van der Waals surface area contributed by atoms with E-state index in [4.69, 9.17) is 9.47 Å². The molecule has 10 nitrogen and oxygen atoms in total. The second-order valence-corrected chi connectivity index (χ2v) is 9.61. The smallest absolute Gasteiger partial charge is 0.263 e. The van der Waals surface area contributed by atoms with Crippen LogP contribution in [-0.4, -0.2) is 78.2 Å². The van der Waals surface area contributed by atoms with Crippen molar-refractivity contribution in [1.29, 1.82) is 0 Å². The number of nitrogens with one attached hydrogen (secondary N) is 3. The maximum Gasteiger partial charge on any atom is 0.263 e. The van der Waals surface area contributed by atoms with Crippen LogP contribution < -0.4 is 20.3 Å². The molecule has 4 aromatic rings. The van der Waals surface area contributed by atoms with Crippen molar-refractivity contribution in [3.8, 4) is 11.6 Å². The molecule has 2 fully saturated rings. The summed E-state index contributed by atoms with van der Waals surface area (Å²) in [6.07, 6.45) is 1.31. The van der Waals surface area contributed by atoms with Gasteiger partial charge in [-0.25, -0.2) is 14.4 Å². The zero-order chi connectivity index (χ0) is 26.8. The van der Waals surface area contributed by atoms with Crippen LogP contribution in [0.4, 0.5) is 21.6 Å². The lowest BCUT2D eigenvalue weighted by atomic mass is 10.2. The summed E-state index contributed by atoms with van der Waals surface area (Å²) in [6.45, 7) is 7.38. The largest absolute Gasteiger partial charge is 0.435 e. The minimum Gasteiger partial charge on any atom is -0.435 e. The van der Waals surface area contributed by atoms with Crippen LogP contribution in [0.15, 0.2) is 48.8 Å². The van der Waals surface area contributed by atoms with E-state index in [9.17, 15) is 4.79 Å². The number of morpholine rings is 1. The molecule has 0 radical (unpaired) electrons. The minimum absolute atomic E-state index is 0.0214. The first-order valence-electron chi connectivity index (χ1n) is 13.1. The van der Waals surface area contributed by atoms with Gasteiger partial charge in [0.05, 0.1) is 13.2 Å². The standard InChI is InChI=1S/C28H30FN7O3/c1-18-16-21-22(33-18)6-7-23(25(21)29)39-27-24(28(37)36-12-14-38-15-13-36)26(31-17-32-27)34-19-2-4-20(5-3-19)35-10-8-30-9-11-35/h2-7,16-17,30,33H,8-15H2,1H3,(H,31,32,34). The van der Waals surface area contributed by atoms with Gasteiger partial charge in [-0.15, -0.1) is 0 Å². The lowest BCUT2D eigenvalue weighted by Gasteiger charge is -2.29. The number of H-pyrrole nitrogens is 1. The predicted molar refractivity (Wildman–Crippen MR) is 147 cm³/mol. The van der Waals surface area contributed by atoms with Crippen molar-refractivity contribution in [3.05, 3.63) is 65.9 Å². The van der Waals surface area contributed by atoms with Gasteiger partial charge in [0.2, 0.25) is 5.88 Å². The number of carbonyl (C=O) groups is 1. The Labute approximate surface area is 225 Å². The number of fused-ring (bicyclic) bond motifs is 1. The van der Waals surface area contributed by atoms with Gasteiger partial charge < -0.3 is 34.9 Å². The third-order valence-electron chi connectivity index (χ3n) is 6.98. The Balaban J connectivity index is 1.33. The fourth-order valence-electron chi connectivity index (χ4n) is 4.95. The molecule has 3 N–H and O–H groups in total. The van der Waals surface area contributed by atoms with E-state index >= 15 is 4.39 Å². The van der Waals surface area contributed by atoms with Crippen LogP contribution in [-0.2, 0) is 4.74 Å². The zero-order valence-electron chi connectivity index (χ0n) is 21.7. The molecule has 6 rings (SSSR count). The van der Waals surface area contributed by atoms with Crippen molar-refractivity contribution in [2.45, 2.75) is 6.92 Å². The van der Waals surface area contributed by atoms with E-state index in [2.05, 4.69) is 30.5 Å². The molecule has 2 aromatic heterocycles. The van der Waals surface area contributed by atoms with Crippen molar-refractivity contribution in [1.82, 2.24) is 25.2 Å². The van der Waals surface area contributed by atoms with Gasteiger partial charge in [0.25, 0.3) is 5.91 Å². The third kappa shape index (κ3) is 5.23. The van der Waals surface area contributed by atoms with E-state index in [0.29, 0.717) is 37.2 Å². The SMILES string of the molecule is Cc1cc2c(F)c(Oc3ncnc(Nc4ccc(N5CCNCC5)cc4)c3C(=O)N3CCOCC3)ccc2[nH]1. The molecule has 0 saturated carbocycles. The highest BCUT2D eigenvalue weighted by Crippen LogP contribution is 2.34. The number of aromatic nitrogens is 3. The van der Waals surface area contributed by atoms with Gasteiger partial charge in [-0.05, 0) is 49.4 Å². The Morgan fingerprint density at radius 2 is 1.82 bits per heavy atom. The number of aryl methyl sites for hydroxylation is 1. The molecule has 2 aliphatic heterocycles. The highest BCUT2D eigenvalue weighted by molar-refractivity contribution is 6.01. The summed E-state index contributed by atoms with van der Waals surface area (Å²) < 4.78 is 26.8. The summed E-state index contributed by atoms with van der Waals surface area (Å²) in [5.41, 5.74) is 3.52. The van der Waals surface area contributed by atoms with E-state index in [1.807, 2.05) is 31.2 Å². The minimum atomic E-state index is -0.529. The number of hydrogen-bond donors (Lipinski definition) is 3. The van der Waals surface area contributed by atoms with E-state index in [-0.39, 0.29) is 28.9 Å². The summed E-state index contributed by atoms with van der Waals surface area (Å²) >= 11 is 0. The summed E-state index contributed by atoms with van der Waals surface area (Å²) in [5.74, 6) is -0.606. The highest BCUT2D eigenvalue weighted by Gasteiger charge is 2.28. The summed E-state index contributed by atoms with van der Waals surface area (Å²) in [6, 6.07) is 13.0. The van der Waals surface area contributed by atoms with E-state index < -0.39 is 5.82 Å². The number of ether oxygens (including phenoxy) is 2. The van der Waals surface area contributed by atoms with Crippen LogP contribution in [0, 0.1) is 12.7 Å². The number of benzene rings is 2. The molecule has 0 atom stereocenters. The fraction of sp³-hybridized carbons (Fsp3) is 0.321. The Morgan fingerprint density at radius 3 is 2.59 bits per heavy atom. The third-order valence-corrected chi connectivity index (χ3v) is 6.98. The number of anilines is 3. The number of carbonyl (C=O) groups excluding carboxylic acids is 1. The number of amides is 1. The average molecular weight is 532 g/mol. The van der Waals surface area contributed by atoms with Crippen molar-refractivity contribution in [2.75, 3.05) is 62.7 Å². The predicted octanol–water partition coefficient (Wildman–Crippen LogP) is 3.82. The Kier molecular flexibility index (Phi) is 6.99. The molecule has 0 unspecified atom stereocenters. The Hall–Kier alpha value is -4.22. The molecule has 2 saturated heterocycles. The lowest BCUT2D eigenvalue weighted by molar-refractivity contribution is 0.0301. The second-order valence-electron chi connectivity index (χ2n) is 9.61. The van der Waals surface area contributed by atoms with Crippen LogP contribution in [0.3, 0.4) is 0 Å². The van der Waals surface area contributed by atoms with Crippen molar-refractivity contribution < 1.29 is 18.7 Å². The maximum absolute atomic E-state index is 15.4. The second kappa shape index (κ2) is 10.9. The molecule has 0 spiro atoms. The number of aromatic amines is 1. The number of hydrogen-bond acceptors (Lipinski definition) is 8. The van der Waals surface area contributed by atoms with Crippen LogP contribution in [0.2, 0.25) is 0 Å². The molecular weight excluding hydrogens is 501 g/mol. The van der Waals surface area contributed by atoms with Gasteiger partial charge >= 0.3 is 0 Å². The molecule has 0 aliphatic carbocycles. The summed E-state index contributed by atoms with van der Waals surface area (Å²) in [5, 5.41) is 7.02. The molecular formula is C28H30FN7O3. The molecule has 2 aromatic carbocycles. The monoisotopic (exact) mass is 531 g/mol. The van der Waals surface area contributed by atoms with Crippen molar-refractivity contribution in [2.24, 2.45) is 0 Å². The summed E-state index contributed by atoms with van der Waals surface area (Å²) in [7, 11) is 0. The maximum atomic E-state index is 15.4. The molecule has 1 amide bonds. The van der Waals surface area contributed by atoms with Gasteiger partial charge in [-0.2, -0.15) is 0 Å². The number of piperazine rings is 1. The van der Waals surface area contributed by atoms with Gasteiger partial charge in [-0.1, -0.05) is 0 Å². The fourth-order valence-corrected chi connectivity index (χ4v) is 4.95. The molecule has 0 bridgehead atoms. The Morgan fingerprint density at radius 1 is 1.05 bits per heavy atom. The number of halogens is 1. The van der Waals surface area contributed by atoms with Gasteiger partial charge in [0.15, 0.2) is 17.4 Å². The first-order valence-corrected chi connectivity index (χ1v) is 13.1. The molecule has 39 heavy (non-hydrogen) atoms. The first kappa shape index (κ1) is 25.1. The normalized spacial score (nSPS) is 15.9. The summed E-state index contributed by atoms with van der Waals surface area (Å²) in [4.78, 5) is 29.5. The van der Waals surface area contributed by atoms with Crippen molar-refractivity contribution >= 4 is 34.0 Å². The van der Waals surface area contributed by atoms with Crippen LogP contribution in [0.25, 0.3) is 10.9 Å². The first-order chi connectivity index (χ1) is 19.1.